The first-order valence-corrected chi connectivity index (χ1v) is 12.8. The minimum atomic E-state index is -0.772. The van der Waals surface area contributed by atoms with Crippen LogP contribution in [0.5, 0.6) is 40.2 Å². The molecule has 0 saturated carbocycles. The van der Waals surface area contributed by atoms with E-state index in [-0.39, 0.29) is 63.1 Å². The number of carbonyl (C=O) groups excluding carboxylic acids is 1. The Balaban J connectivity index is 1.53. The Hall–Kier alpha value is -5.64. The highest BCUT2D eigenvalue weighted by Crippen LogP contribution is 2.47. The summed E-state index contributed by atoms with van der Waals surface area (Å²) in [7, 11) is 2.86. The van der Waals surface area contributed by atoms with Gasteiger partial charge >= 0.3 is 0 Å². The standard InChI is InChI=1S/C32H24O10/c1-39-18-10-20(34)30-23(37)13-27(41-28(30)11-18)16-5-8-25(40-2)19(9-16)29-21(35)12-22(36)31-24(38)14-26(42-32(29)31)15-3-6-17(33)7-4-15/h3-12,14,27,33-36H,13H2,1-2H3. The van der Waals surface area contributed by atoms with Gasteiger partial charge in [-0.2, -0.15) is 0 Å². The van der Waals surface area contributed by atoms with Gasteiger partial charge < -0.3 is 39.1 Å². The van der Waals surface area contributed by atoms with Crippen LogP contribution in [0.15, 0.2) is 75.9 Å². The van der Waals surface area contributed by atoms with Gasteiger partial charge in [0.05, 0.1) is 26.2 Å². The Morgan fingerprint density at radius 1 is 0.786 bits per heavy atom. The second-order valence-corrected chi connectivity index (χ2v) is 9.73. The number of fused-ring (bicyclic) bond motifs is 2. The predicted molar refractivity (Wildman–Crippen MR) is 152 cm³/mol. The number of methoxy groups -OCH3 is 2. The number of benzene rings is 4. The fraction of sp³-hybridized carbons (Fsp3) is 0.125. The van der Waals surface area contributed by atoms with Gasteiger partial charge in [0.25, 0.3) is 0 Å². The number of hydrogen-bond donors (Lipinski definition) is 4. The smallest absolute Gasteiger partial charge is 0.197 e. The van der Waals surface area contributed by atoms with Crippen molar-refractivity contribution in [3.63, 3.8) is 0 Å². The summed E-state index contributed by atoms with van der Waals surface area (Å²) < 4.78 is 23.0. The molecular weight excluding hydrogens is 544 g/mol. The summed E-state index contributed by atoms with van der Waals surface area (Å²) >= 11 is 0. The van der Waals surface area contributed by atoms with Crippen molar-refractivity contribution in [1.29, 1.82) is 0 Å². The van der Waals surface area contributed by atoms with Crippen molar-refractivity contribution in [2.24, 2.45) is 0 Å². The number of hydrogen-bond acceptors (Lipinski definition) is 10. The van der Waals surface area contributed by atoms with Gasteiger partial charge in [-0.3, -0.25) is 9.59 Å². The first-order valence-electron chi connectivity index (χ1n) is 12.8. The minimum absolute atomic E-state index is 0.0270. The van der Waals surface area contributed by atoms with Crippen LogP contribution >= 0.6 is 0 Å². The van der Waals surface area contributed by atoms with Gasteiger partial charge in [-0.15, -0.1) is 0 Å². The largest absolute Gasteiger partial charge is 0.508 e. The highest BCUT2D eigenvalue weighted by atomic mass is 16.5. The van der Waals surface area contributed by atoms with Crippen LogP contribution in [0, 0.1) is 0 Å². The van der Waals surface area contributed by atoms with E-state index >= 15 is 0 Å². The molecule has 212 valence electrons. The molecule has 2 heterocycles. The molecular formula is C32H24O10. The van der Waals surface area contributed by atoms with Crippen molar-refractivity contribution in [3.05, 3.63) is 88.1 Å². The van der Waals surface area contributed by atoms with Gasteiger partial charge in [0, 0.05) is 35.4 Å². The molecule has 0 bridgehead atoms. The zero-order chi connectivity index (χ0) is 29.7. The lowest BCUT2D eigenvalue weighted by Gasteiger charge is -2.27. The van der Waals surface area contributed by atoms with Gasteiger partial charge in [-0.1, -0.05) is 6.07 Å². The number of aromatic hydroxyl groups is 4. The number of ether oxygens (including phenoxy) is 3. The molecule has 1 aliphatic rings. The minimum Gasteiger partial charge on any atom is -0.508 e. The molecule has 4 aromatic carbocycles. The van der Waals surface area contributed by atoms with Gasteiger partial charge in [0.15, 0.2) is 16.8 Å². The fourth-order valence-electron chi connectivity index (χ4n) is 5.17. The predicted octanol–water partition coefficient (Wildman–Crippen LogP) is 5.67. The Morgan fingerprint density at radius 2 is 1.52 bits per heavy atom. The molecule has 10 heteroatoms. The fourth-order valence-corrected chi connectivity index (χ4v) is 5.17. The molecule has 42 heavy (non-hydrogen) atoms. The Kier molecular flexibility index (Phi) is 6.38. The van der Waals surface area contributed by atoms with Gasteiger partial charge in [0.2, 0.25) is 0 Å². The molecule has 0 aliphatic carbocycles. The number of ketones is 1. The lowest BCUT2D eigenvalue weighted by molar-refractivity contribution is 0.0844. The van der Waals surface area contributed by atoms with Gasteiger partial charge in [0.1, 0.15) is 63.1 Å². The van der Waals surface area contributed by atoms with E-state index in [0.717, 1.165) is 6.07 Å². The monoisotopic (exact) mass is 568 g/mol. The van der Waals surface area contributed by atoms with E-state index in [1.165, 1.54) is 44.6 Å². The number of Topliss-reactive ketones (excluding diaryl/α,β-unsaturated/α-hetero) is 1. The molecule has 0 radical (unpaired) electrons. The summed E-state index contributed by atoms with van der Waals surface area (Å²) in [6.45, 7) is 0. The first kappa shape index (κ1) is 26.6. The third-order valence-corrected chi connectivity index (χ3v) is 7.19. The van der Waals surface area contributed by atoms with Crippen molar-refractivity contribution < 1.29 is 43.8 Å². The molecule has 4 N–H and O–H groups in total. The molecule has 0 amide bonds. The summed E-state index contributed by atoms with van der Waals surface area (Å²) in [4.78, 5) is 26.2. The van der Waals surface area contributed by atoms with E-state index in [1.807, 2.05) is 0 Å². The quantitative estimate of drug-likeness (QED) is 0.208. The molecule has 0 spiro atoms. The molecule has 0 saturated heterocycles. The van der Waals surface area contributed by atoms with E-state index in [0.29, 0.717) is 28.2 Å². The van der Waals surface area contributed by atoms with Crippen molar-refractivity contribution in [1.82, 2.24) is 0 Å². The highest BCUT2D eigenvalue weighted by molar-refractivity contribution is 6.03. The molecule has 1 unspecified atom stereocenters. The van der Waals surface area contributed by atoms with E-state index < -0.39 is 17.3 Å². The van der Waals surface area contributed by atoms with Crippen molar-refractivity contribution in [3.8, 4) is 62.7 Å². The number of carbonyl (C=O) groups is 1. The number of phenols is 4. The molecule has 5 aromatic rings. The van der Waals surface area contributed by atoms with Crippen molar-refractivity contribution >= 4 is 16.8 Å². The third kappa shape index (κ3) is 4.39. The zero-order valence-electron chi connectivity index (χ0n) is 22.4. The van der Waals surface area contributed by atoms with Crippen molar-refractivity contribution in [2.75, 3.05) is 14.2 Å². The van der Waals surface area contributed by atoms with Crippen LogP contribution in [0.1, 0.15) is 28.4 Å². The van der Waals surface area contributed by atoms with Crippen LogP contribution in [0.2, 0.25) is 0 Å². The summed E-state index contributed by atoms with van der Waals surface area (Å²) in [6, 6.07) is 16.1. The number of rotatable bonds is 5. The topological polar surface area (TPSA) is 156 Å². The summed E-state index contributed by atoms with van der Waals surface area (Å²) in [5.41, 5.74) is 0.794. The molecule has 0 fully saturated rings. The van der Waals surface area contributed by atoms with Crippen LogP contribution in [-0.2, 0) is 0 Å². The maximum absolute atomic E-state index is 13.2. The second-order valence-electron chi connectivity index (χ2n) is 9.73. The van der Waals surface area contributed by atoms with Crippen LogP contribution in [-0.4, -0.2) is 40.4 Å². The summed E-state index contributed by atoms with van der Waals surface area (Å²) in [5.74, 6) is -0.492. The summed E-state index contributed by atoms with van der Waals surface area (Å²) in [5, 5.41) is 41.6. The molecule has 1 atom stereocenters. The SMILES string of the molecule is COc1cc(O)c2c(c1)OC(c1ccc(OC)c(-c3c(O)cc(O)c4c(=O)cc(-c5ccc(O)cc5)oc34)c1)CC2=O. The van der Waals surface area contributed by atoms with E-state index in [4.69, 9.17) is 18.6 Å². The highest BCUT2D eigenvalue weighted by Gasteiger charge is 2.32. The van der Waals surface area contributed by atoms with Crippen LogP contribution in [0.3, 0.4) is 0 Å². The lowest BCUT2D eigenvalue weighted by atomic mass is 9.92. The van der Waals surface area contributed by atoms with Crippen LogP contribution in [0.4, 0.5) is 0 Å². The summed E-state index contributed by atoms with van der Waals surface area (Å²) in [6.07, 6.45) is -0.854. The molecule has 1 aliphatic heterocycles. The second kappa shape index (κ2) is 10.1. The van der Waals surface area contributed by atoms with Crippen molar-refractivity contribution in [2.45, 2.75) is 12.5 Å². The number of phenolic OH excluding ortho intramolecular Hbond substituents is 4. The molecule has 1 aromatic heterocycles. The Labute approximate surface area is 238 Å². The normalized spacial score (nSPS) is 14.3. The van der Waals surface area contributed by atoms with Crippen LogP contribution in [0.25, 0.3) is 33.4 Å². The van der Waals surface area contributed by atoms with E-state index in [1.54, 1.807) is 30.3 Å². The first-order chi connectivity index (χ1) is 20.2. The van der Waals surface area contributed by atoms with E-state index in [9.17, 15) is 30.0 Å². The Morgan fingerprint density at radius 3 is 2.24 bits per heavy atom. The average Bonchev–Trinajstić information content (AvgIpc) is 2.96. The maximum atomic E-state index is 13.2. The molecule has 10 nitrogen and oxygen atoms in total. The molecule has 6 rings (SSSR count). The van der Waals surface area contributed by atoms with Crippen LogP contribution < -0.4 is 19.6 Å². The van der Waals surface area contributed by atoms with Gasteiger partial charge in [-0.25, -0.2) is 0 Å². The van der Waals surface area contributed by atoms with Gasteiger partial charge in [-0.05, 0) is 42.0 Å². The lowest BCUT2D eigenvalue weighted by Crippen LogP contribution is -2.20. The maximum Gasteiger partial charge on any atom is 0.197 e. The Bertz CT molecular complexity index is 1940. The zero-order valence-corrected chi connectivity index (χ0v) is 22.4. The average molecular weight is 569 g/mol. The van der Waals surface area contributed by atoms with E-state index in [2.05, 4.69) is 0 Å². The third-order valence-electron chi connectivity index (χ3n) is 7.19.